The van der Waals surface area contributed by atoms with E-state index in [1.165, 1.54) is 40.4 Å². The van der Waals surface area contributed by atoms with Crippen molar-refractivity contribution in [3.8, 4) is 11.3 Å². The Kier molecular flexibility index (Phi) is 3.04. The van der Waals surface area contributed by atoms with Gasteiger partial charge in [-0.2, -0.15) is 4.57 Å². The van der Waals surface area contributed by atoms with Crippen molar-refractivity contribution in [3.63, 3.8) is 0 Å². The first-order valence-corrected chi connectivity index (χ1v) is 8.24. The molecule has 0 spiro atoms. The van der Waals surface area contributed by atoms with E-state index in [-0.39, 0.29) is 5.41 Å². The third-order valence-electron chi connectivity index (χ3n) is 5.45. The second-order valence-electron chi connectivity index (χ2n) is 6.65. The van der Waals surface area contributed by atoms with Crippen molar-refractivity contribution in [3.05, 3.63) is 66.4 Å². The maximum Gasteiger partial charge on any atom is 0.220 e. The molecule has 1 heteroatoms. The van der Waals surface area contributed by atoms with Crippen LogP contribution in [0.25, 0.3) is 22.0 Å². The first-order chi connectivity index (χ1) is 10.7. The van der Waals surface area contributed by atoms with Gasteiger partial charge in [0.1, 0.15) is 6.54 Å². The molecule has 2 heterocycles. The third-order valence-corrected chi connectivity index (χ3v) is 5.45. The van der Waals surface area contributed by atoms with Gasteiger partial charge in [0, 0.05) is 12.5 Å². The summed E-state index contributed by atoms with van der Waals surface area (Å²) in [4.78, 5) is 0. The van der Waals surface area contributed by atoms with Gasteiger partial charge in [0.2, 0.25) is 5.69 Å². The number of hydrogen-bond acceptors (Lipinski definition) is 0. The summed E-state index contributed by atoms with van der Waals surface area (Å²) in [7, 11) is 0. The molecule has 1 unspecified atom stereocenters. The molecule has 0 saturated carbocycles. The van der Waals surface area contributed by atoms with Crippen LogP contribution in [0, 0.1) is 0 Å². The fraction of sp³-hybridized carbons (Fsp3) is 0.286. The predicted octanol–water partition coefficient (Wildman–Crippen LogP) is 4.87. The van der Waals surface area contributed by atoms with E-state index in [1.54, 1.807) is 0 Å². The maximum absolute atomic E-state index is 2.45. The van der Waals surface area contributed by atoms with Gasteiger partial charge in [0.25, 0.3) is 0 Å². The average Bonchev–Trinajstić information content (AvgIpc) is 2.71. The monoisotopic (exact) mass is 288 g/mol. The van der Waals surface area contributed by atoms with E-state index in [2.05, 4.69) is 79.2 Å². The molecule has 0 radical (unpaired) electrons. The van der Waals surface area contributed by atoms with Crippen LogP contribution in [0.4, 0.5) is 0 Å². The summed E-state index contributed by atoms with van der Waals surface area (Å²) in [5.41, 5.74) is 4.54. The number of rotatable bonds is 1. The number of pyridine rings is 1. The summed E-state index contributed by atoms with van der Waals surface area (Å²) in [6, 6.07) is 20.0. The van der Waals surface area contributed by atoms with Crippen molar-refractivity contribution in [1.29, 1.82) is 0 Å². The lowest BCUT2D eigenvalue weighted by molar-refractivity contribution is -0.685. The van der Waals surface area contributed by atoms with Crippen LogP contribution in [-0.2, 0) is 12.0 Å². The Bertz CT molecular complexity index is 849. The summed E-state index contributed by atoms with van der Waals surface area (Å²) in [6.07, 6.45) is 4.63. The van der Waals surface area contributed by atoms with E-state index in [0.29, 0.717) is 0 Å². The van der Waals surface area contributed by atoms with Gasteiger partial charge in [-0.1, -0.05) is 50.2 Å². The van der Waals surface area contributed by atoms with Gasteiger partial charge in [-0.05, 0) is 34.9 Å². The van der Waals surface area contributed by atoms with Crippen LogP contribution in [-0.4, -0.2) is 0 Å². The van der Waals surface area contributed by atoms with Gasteiger partial charge in [0.05, 0.1) is 10.9 Å². The van der Waals surface area contributed by atoms with E-state index in [1.807, 2.05) is 0 Å². The lowest BCUT2D eigenvalue weighted by Gasteiger charge is -2.27. The van der Waals surface area contributed by atoms with Crippen LogP contribution < -0.4 is 4.57 Å². The Morgan fingerprint density at radius 2 is 1.77 bits per heavy atom. The zero-order valence-corrected chi connectivity index (χ0v) is 13.3. The zero-order valence-electron chi connectivity index (χ0n) is 13.3. The highest BCUT2D eigenvalue weighted by atomic mass is 15.0. The van der Waals surface area contributed by atoms with E-state index in [9.17, 15) is 0 Å². The Hall–Kier alpha value is -2.15. The van der Waals surface area contributed by atoms with Gasteiger partial charge in [0.15, 0.2) is 6.20 Å². The highest BCUT2D eigenvalue weighted by Crippen LogP contribution is 2.40. The van der Waals surface area contributed by atoms with Crippen LogP contribution in [0.2, 0.25) is 0 Å². The van der Waals surface area contributed by atoms with Gasteiger partial charge in [-0.15, -0.1) is 0 Å². The molecule has 22 heavy (non-hydrogen) atoms. The number of fused-ring (bicyclic) bond motifs is 5. The van der Waals surface area contributed by atoms with Crippen molar-refractivity contribution in [1.82, 2.24) is 0 Å². The molecule has 0 saturated heterocycles. The number of aryl methyl sites for hydroxylation is 1. The minimum Gasteiger partial charge on any atom is -0.198 e. The van der Waals surface area contributed by atoms with Gasteiger partial charge < -0.3 is 0 Å². The first-order valence-electron chi connectivity index (χ1n) is 8.24. The fourth-order valence-electron chi connectivity index (χ4n) is 3.83. The molecule has 2 aromatic carbocycles. The molecule has 1 atom stereocenters. The molecule has 0 amide bonds. The molecular weight excluding hydrogens is 266 g/mol. The molecule has 0 bridgehead atoms. The highest BCUT2D eigenvalue weighted by Gasteiger charge is 2.35. The molecule has 1 aromatic heterocycles. The number of hydrogen-bond donors (Lipinski definition) is 0. The molecule has 1 nitrogen and oxygen atoms in total. The normalized spacial score (nSPS) is 20.3. The molecule has 0 fully saturated rings. The van der Waals surface area contributed by atoms with Crippen LogP contribution >= 0.6 is 0 Å². The second kappa shape index (κ2) is 4.95. The van der Waals surface area contributed by atoms with Crippen LogP contribution in [0.5, 0.6) is 0 Å². The predicted molar refractivity (Wildman–Crippen MR) is 91.8 cm³/mol. The number of benzene rings is 2. The SMILES string of the molecule is CCC1(C)CC[n+]2ccc3ccccc3c2-c2ccccc21. The third kappa shape index (κ3) is 1.89. The quantitative estimate of drug-likeness (QED) is 0.563. The largest absolute Gasteiger partial charge is 0.220 e. The lowest BCUT2D eigenvalue weighted by atomic mass is 9.75. The first kappa shape index (κ1) is 13.5. The molecule has 3 aromatic rings. The molecule has 0 aliphatic carbocycles. The summed E-state index contributed by atoms with van der Waals surface area (Å²) in [5.74, 6) is 0. The Morgan fingerprint density at radius 3 is 2.64 bits per heavy atom. The van der Waals surface area contributed by atoms with E-state index in [0.717, 1.165) is 6.54 Å². The number of aromatic nitrogens is 1. The summed E-state index contributed by atoms with van der Waals surface area (Å²) in [5, 5.41) is 2.68. The molecule has 1 aliphatic heterocycles. The van der Waals surface area contributed by atoms with Gasteiger partial charge in [-0.25, -0.2) is 0 Å². The van der Waals surface area contributed by atoms with Crippen LogP contribution in [0.15, 0.2) is 60.8 Å². The second-order valence-corrected chi connectivity index (χ2v) is 6.65. The standard InChI is InChI=1S/C21H22N/c1-3-21(2)13-15-22-14-12-16-8-4-5-9-17(16)20(22)18-10-6-7-11-19(18)21/h4-12,14H,3,13,15H2,1-2H3/q+1. The van der Waals surface area contributed by atoms with Gasteiger partial charge in [-0.3, -0.25) is 0 Å². The Balaban J connectivity index is 2.11. The average molecular weight is 288 g/mol. The van der Waals surface area contributed by atoms with E-state index < -0.39 is 0 Å². The Labute approximate surface area is 132 Å². The topological polar surface area (TPSA) is 3.88 Å². The number of nitrogens with zero attached hydrogens (tertiary/aromatic N) is 1. The molecular formula is C21H22N+. The smallest absolute Gasteiger partial charge is 0.198 e. The zero-order chi connectivity index (χ0) is 15.2. The van der Waals surface area contributed by atoms with Crippen molar-refractivity contribution in [2.45, 2.75) is 38.6 Å². The van der Waals surface area contributed by atoms with E-state index in [4.69, 9.17) is 0 Å². The Morgan fingerprint density at radius 1 is 1.00 bits per heavy atom. The summed E-state index contributed by atoms with van der Waals surface area (Å²) in [6.45, 7) is 5.81. The minimum atomic E-state index is 0.254. The van der Waals surface area contributed by atoms with Crippen molar-refractivity contribution >= 4 is 10.8 Å². The molecule has 110 valence electrons. The van der Waals surface area contributed by atoms with Crippen molar-refractivity contribution < 1.29 is 4.57 Å². The summed E-state index contributed by atoms with van der Waals surface area (Å²) >= 11 is 0. The molecule has 0 N–H and O–H groups in total. The van der Waals surface area contributed by atoms with Crippen LogP contribution in [0.3, 0.4) is 0 Å². The van der Waals surface area contributed by atoms with Crippen molar-refractivity contribution in [2.75, 3.05) is 0 Å². The highest BCUT2D eigenvalue weighted by molar-refractivity contribution is 5.93. The molecule has 1 aliphatic rings. The van der Waals surface area contributed by atoms with E-state index >= 15 is 0 Å². The molecule has 4 rings (SSSR count). The minimum absolute atomic E-state index is 0.254. The van der Waals surface area contributed by atoms with Crippen molar-refractivity contribution in [2.24, 2.45) is 0 Å². The van der Waals surface area contributed by atoms with Crippen LogP contribution in [0.1, 0.15) is 32.3 Å². The lowest BCUT2D eigenvalue weighted by Crippen LogP contribution is -2.36. The summed E-state index contributed by atoms with van der Waals surface area (Å²) < 4.78 is 2.45. The van der Waals surface area contributed by atoms with Gasteiger partial charge >= 0.3 is 0 Å². The fourth-order valence-corrected chi connectivity index (χ4v) is 3.83. The maximum atomic E-state index is 2.45.